The zero-order chi connectivity index (χ0) is 13.8. The number of para-hydroxylation sites is 1. The largest absolute Gasteiger partial charge is 0.308 e. The van der Waals surface area contributed by atoms with Crippen LogP contribution in [-0.4, -0.2) is 21.9 Å². The molecule has 104 valence electrons. The van der Waals surface area contributed by atoms with E-state index >= 15 is 0 Å². The van der Waals surface area contributed by atoms with E-state index in [0.717, 1.165) is 11.3 Å². The van der Waals surface area contributed by atoms with E-state index in [-0.39, 0.29) is 0 Å². The molecule has 2 heterocycles. The van der Waals surface area contributed by atoms with E-state index in [1.54, 1.807) is 0 Å². The second-order valence-corrected chi connectivity index (χ2v) is 5.52. The van der Waals surface area contributed by atoms with Gasteiger partial charge in [-0.25, -0.2) is 4.68 Å². The third-order valence-corrected chi connectivity index (χ3v) is 3.80. The van der Waals surface area contributed by atoms with Crippen molar-refractivity contribution < 1.29 is 0 Å². The van der Waals surface area contributed by atoms with Gasteiger partial charge in [0, 0.05) is 23.8 Å². The SMILES string of the molecule is CC1CCCC(/C=C/c2cnn(-c3ccccc3)c2)N1. The first-order valence-electron chi connectivity index (χ1n) is 7.35. The third kappa shape index (κ3) is 3.17. The van der Waals surface area contributed by atoms with Gasteiger partial charge in [0.2, 0.25) is 0 Å². The summed E-state index contributed by atoms with van der Waals surface area (Å²) < 4.78 is 1.91. The van der Waals surface area contributed by atoms with E-state index in [1.165, 1.54) is 19.3 Å². The molecule has 1 N–H and O–H groups in total. The molecule has 3 heteroatoms. The summed E-state index contributed by atoms with van der Waals surface area (Å²) in [6.07, 6.45) is 12.2. The topological polar surface area (TPSA) is 29.9 Å². The predicted octanol–water partition coefficient (Wildman–Crippen LogP) is 3.42. The lowest BCUT2D eigenvalue weighted by atomic mass is 9.99. The van der Waals surface area contributed by atoms with Crippen LogP contribution in [0.1, 0.15) is 31.7 Å². The Hall–Kier alpha value is -1.87. The lowest BCUT2D eigenvalue weighted by Gasteiger charge is -2.26. The Morgan fingerprint density at radius 3 is 2.90 bits per heavy atom. The lowest BCUT2D eigenvalue weighted by molar-refractivity contribution is 0.375. The summed E-state index contributed by atoms with van der Waals surface area (Å²) in [5, 5.41) is 8.02. The van der Waals surface area contributed by atoms with Crippen molar-refractivity contribution in [3.8, 4) is 5.69 Å². The summed E-state index contributed by atoms with van der Waals surface area (Å²) >= 11 is 0. The fraction of sp³-hybridized carbons (Fsp3) is 0.353. The molecule has 3 nitrogen and oxygen atoms in total. The highest BCUT2D eigenvalue weighted by atomic mass is 15.3. The van der Waals surface area contributed by atoms with Crippen LogP contribution in [0.2, 0.25) is 0 Å². The van der Waals surface area contributed by atoms with Crippen LogP contribution in [0.15, 0.2) is 48.8 Å². The van der Waals surface area contributed by atoms with E-state index in [2.05, 4.69) is 47.8 Å². The van der Waals surface area contributed by atoms with E-state index in [4.69, 9.17) is 0 Å². The fourth-order valence-electron chi connectivity index (χ4n) is 2.70. The molecule has 1 aliphatic rings. The van der Waals surface area contributed by atoms with Gasteiger partial charge in [0.1, 0.15) is 0 Å². The van der Waals surface area contributed by atoms with Crippen LogP contribution < -0.4 is 5.32 Å². The Balaban J connectivity index is 1.68. The van der Waals surface area contributed by atoms with Gasteiger partial charge in [-0.05, 0) is 31.9 Å². The molecule has 2 aromatic rings. The molecule has 1 fully saturated rings. The maximum atomic E-state index is 4.41. The Kier molecular flexibility index (Phi) is 3.97. The number of nitrogens with zero attached hydrogens (tertiary/aromatic N) is 2. The molecule has 1 aromatic heterocycles. The average molecular weight is 267 g/mol. The summed E-state index contributed by atoms with van der Waals surface area (Å²) in [6, 6.07) is 11.3. The van der Waals surface area contributed by atoms with Crippen LogP contribution >= 0.6 is 0 Å². The molecule has 20 heavy (non-hydrogen) atoms. The standard InChI is InChI=1S/C17H21N3/c1-14-6-5-7-16(19-14)11-10-15-12-18-20(13-15)17-8-3-2-4-9-17/h2-4,8-14,16,19H,5-7H2,1H3/b11-10+. The Morgan fingerprint density at radius 2 is 2.10 bits per heavy atom. The van der Waals surface area contributed by atoms with E-state index < -0.39 is 0 Å². The minimum absolute atomic E-state index is 0.499. The van der Waals surface area contributed by atoms with Gasteiger partial charge in [0.05, 0.1) is 11.9 Å². The van der Waals surface area contributed by atoms with Crippen molar-refractivity contribution in [1.82, 2.24) is 15.1 Å². The smallest absolute Gasteiger partial charge is 0.0645 e. The van der Waals surface area contributed by atoms with Gasteiger partial charge in [-0.2, -0.15) is 5.10 Å². The summed E-state index contributed by atoms with van der Waals surface area (Å²) in [4.78, 5) is 0. The third-order valence-electron chi connectivity index (χ3n) is 3.80. The minimum atomic E-state index is 0.499. The molecule has 2 atom stereocenters. The van der Waals surface area contributed by atoms with Crippen LogP contribution in [0, 0.1) is 0 Å². The van der Waals surface area contributed by atoms with E-state index in [9.17, 15) is 0 Å². The molecule has 0 radical (unpaired) electrons. The van der Waals surface area contributed by atoms with Crippen molar-refractivity contribution in [3.05, 3.63) is 54.4 Å². The highest BCUT2D eigenvalue weighted by molar-refractivity contribution is 5.49. The number of hydrogen-bond donors (Lipinski definition) is 1. The average Bonchev–Trinajstić information content (AvgIpc) is 2.95. The summed E-state index contributed by atoms with van der Waals surface area (Å²) in [5.74, 6) is 0. The molecule has 0 spiro atoms. The van der Waals surface area contributed by atoms with Gasteiger partial charge in [-0.3, -0.25) is 0 Å². The van der Waals surface area contributed by atoms with Crippen LogP contribution in [0.4, 0.5) is 0 Å². The number of hydrogen-bond acceptors (Lipinski definition) is 2. The normalized spacial score (nSPS) is 23.2. The second kappa shape index (κ2) is 6.06. The van der Waals surface area contributed by atoms with Crippen LogP contribution in [0.25, 0.3) is 11.8 Å². The molecule has 1 saturated heterocycles. The molecule has 3 rings (SSSR count). The lowest BCUT2D eigenvalue weighted by Crippen LogP contribution is -2.39. The molecular formula is C17H21N3. The molecule has 0 amide bonds. The number of benzene rings is 1. The number of piperidine rings is 1. The molecular weight excluding hydrogens is 246 g/mol. The van der Waals surface area contributed by atoms with Crippen molar-refractivity contribution >= 4 is 6.08 Å². The predicted molar refractivity (Wildman–Crippen MR) is 82.8 cm³/mol. The second-order valence-electron chi connectivity index (χ2n) is 5.52. The zero-order valence-electron chi connectivity index (χ0n) is 11.9. The summed E-state index contributed by atoms with van der Waals surface area (Å²) in [6.45, 7) is 2.26. The van der Waals surface area contributed by atoms with Gasteiger partial charge in [0.25, 0.3) is 0 Å². The summed E-state index contributed by atoms with van der Waals surface area (Å²) in [5.41, 5.74) is 2.24. The molecule has 0 bridgehead atoms. The van der Waals surface area contributed by atoms with Gasteiger partial charge in [-0.1, -0.05) is 36.8 Å². The number of aromatic nitrogens is 2. The maximum Gasteiger partial charge on any atom is 0.0645 e. The van der Waals surface area contributed by atoms with Gasteiger partial charge < -0.3 is 5.32 Å². The zero-order valence-corrected chi connectivity index (χ0v) is 11.9. The molecule has 2 unspecified atom stereocenters. The fourth-order valence-corrected chi connectivity index (χ4v) is 2.70. The molecule has 1 aliphatic heterocycles. The monoisotopic (exact) mass is 267 g/mol. The molecule has 0 aliphatic carbocycles. The van der Waals surface area contributed by atoms with Crippen molar-refractivity contribution in [1.29, 1.82) is 0 Å². The van der Waals surface area contributed by atoms with Crippen LogP contribution in [0.3, 0.4) is 0 Å². The first-order chi connectivity index (χ1) is 9.81. The van der Waals surface area contributed by atoms with Crippen LogP contribution in [0.5, 0.6) is 0 Å². The van der Waals surface area contributed by atoms with E-state index in [1.807, 2.05) is 29.1 Å². The highest BCUT2D eigenvalue weighted by Gasteiger charge is 2.14. The summed E-state index contributed by atoms with van der Waals surface area (Å²) in [7, 11) is 0. The Morgan fingerprint density at radius 1 is 1.25 bits per heavy atom. The molecule has 0 saturated carbocycles. The quantitative estimate of drug-likeness (QED) is 0.923. The van der Waals surface area contributed by atoms with Crippen molar-refractivity contribution in [2.24, 2.45) is 0 Å². The van der Waals surface area contributed by atoms with E-state index in [0.29, 0.717) is 12.1 Å². The highest BCUT2D eigenvalue weighted by Crippen LogP contribution is 2.15. The van der Waals surface area contributed by atoms with Crippen molar-refractivity contribution in [2.75, 3.05) is 0 Å². The van der Waals surface area contributed by atoms with Gasteiger partial charge in [-0.15, -0.1) is 0 Å². The number of rotatable bonds is 3. The first-order valence-corrected chi connectivity index (χ1v) is 7.35. The van der Waals surface area contributed by atoms with Crippen molar-refractivity contribution in [3.63, 3.8) is 0 Å². The Bertz CT molecular complexity index is 571. The minimum Gasteiger partial charge on any atom is -0.308 e. The first kappa shape index (κ1) is 13.1. The van der Waals surface area contributed by atoms with Gasteiger partial charge >= 0.3 is 0 Å². The Labute approximate surface area is 120 Å². The van der Waals surface area contributed by atoms with Crippen LogP contribution in [-0.2, 0) is 0 Å². The number of nitrogens with one attached hydrogen (secondary N) is 1. The van der Waals surface area contributed by atoms with Gasteiger partial charge in [0.15, 0.2) is 0 Å². The molecule has 1 aromatic carbocycles. The maximum absolute atomic E-state index is 4.41. The van der Waals surface area contributed by atoms with Crippen molar-refractivity contribution in [2.45, 2.75) is 38.3 Å².